The summed E-state index contributed by atoms with van der Waals surface area (Å²) in [5.41, 5.74) is 0.651. The maximum atomic E-state index is 13.4. The predicted octanol–water partition coefficient (Wildman–Crippen LogP) is 2.17. The molecule has 3 nitrogen and oxygen atoms in total. The number of carbonyl (C=O) groups is 1. The van der Waals surface area contributed by atoms with Crippen molar-refractivity contribution in [2.45, 2.75) is 31.8 Å². The molecule has 1 aromatic rings. The molecule has 4 heteroatoms. The van der Waals surface area contributed by atoms with Crippen molar-refractivity contribution in [1.82, 2.24) is 5.32 Å². The number of carboxylic acid groups (broad SMARTS) is 1. The maximum Gasteiger partial charge on any atom is 0.335 e. The van der Waals surface area contributed by atoms with Crippen LogP contribution in [0.3, 0.4) is 0 Å². The van der Waals surface area contributed by atoms with Gasteiger partial charge >= 0.3 is 5.97 Å². The average molecular weight is 223 g/mol. The number of carboxylic acids is 1. The van der Waals surface area contributed by atoms with E-state index >= 15 is 0 Å². The molecule has 2 N–H and O–H groups in total. The first-order chi connectivity index (χ1) is 7.50. The lowest BCUT2D eigenvalue weighted by Gasteiger charge is -2.12. The second-order valence-corrected chi connectivity index (χ2v) is 4.53. The Balaban J connectivity index is 2.12. The Morgan fingerprint density at radius 1 is 1.56 bits per heavy atom. The van der Waals surface area contributed by atoms with E-state index in [9.17, 15) is 9.18 Å². The van der Waals surface area contributed by atoms with Gasteiger partial charge in [-0.2, -0.15) is 0 Å². The Bertz CT molecular complexity index is 427. The van der Waals surface area contributed by atoms with Crippen LogP contribution in [-0.2, 0) is 6.54 Å². The number of hydrogen-bond donors (Lipinski definition) is 2. The Hall–Kier alpha value is -1.42. The molecule has 0 spiro atoms. The highest BCUT2D eigenvalue weighted by Crippen LogP contribution is 2.34. The lowest BCUT2D eigenvalue weighted by atomic mass is 10.1. The van der Waals surface area contributed by atoms with Gasteiger partial charge in [0, 0.05) is 17.6 Å². The van der Waals surface area contributed by atoms with Crippen molar-refractivity contribution in [3.8, 4) is 0 Å². The van der Waals surface area contributed by atoms with Crippen molar-refractivity contribution in [2.75, 3.05) is 0 Å². The molecule has 0 bridgehead atoms. The summed E-state index contributed by atoms with van der Waals surface area (Å²) in [6.07, 6.45) is 2.18. The third-order valence-electron chi connectivity index (χ3n) is 3.00. The zero-order chi connectivity index (χ0) is 11.8. The molecule has 0 aliphatic heterocycles. The van der Waals surface area contributed by atoms with E-state index in [0.717, 1.165) is 12.8 Å². The van der Waals surface area contributed by atoms with Gasteiger partial charge in [-0.3, -0.25) is 0 Å². The smallest absolute Gasteiger partial charge is 0.335 e. The molecule has 16 heavy (non-hydrogen) atoms. The molecule has 2 rings (SSSR count). The van der Waals surface area contributed by atoms with E-state index in [-0.39, 0.29) is 16.9 Å². The first kappa shape index (κ1) is 11.1. The fraction of sp³-hybridized carbons (Fsp3) is 0.417. The molecular weight excluding hydrogens is 209 g/mol. The zero-order valence-corrected chi connectivity index (χ0v) is 9.09. The van der Waals surface area contributed by atoms with E-state index in [0.29, 0.717) is 12.1 Å². The van der Waals surface area contributed by atoms with Crippen LogP contribution in [0, 0.1) is 5.82 Å². The van der Waals surface area contributed by atoms with Crippen molar-refractivity contribution in [3.05, 3.63) is 35.1 Å². The molecule has 0 aromatic heterocycles. The highest BCUT2D eigenvalue weighted by Gasteiger charge is 2.36. The largest absolute Gasteiger partial charge is 0.478 e. The third-order valence-corrected chi connectivity index (χ3v) is 3.00. The number of aromatic carboxylic acids is 1. The molecule has 1 aliphatic carbocycles. The van der Waals surface area contributed by atoms with Crippen molar-refractivity contribution >= 4 is 5.97 Å². The highest BCUT2D eigenvalue weighted by molar-refractivity contribution is 5.87. The van der Waals surface area contributed by atoms with Crippen LogP contribution in [0.4, 0.5) is 4.39 Å². The molecule has 1 aliphatic rings. The Labute approximate surface area is 93.3 Å². The fourth-order valence-electron chi connectivity index (χ4n) is 1.52. The van der Waals surface area contributed by atoms with Gasteiger partial charge in [0.05, 0.1) is 5.56 Å². The summed E-state index contributed by atoms with van der Waals surface area (Å²) in [4.78, 5) is 10.7. The van der Waals surface area contributed by atoms with Crippen LogP contribution in [0.2, 0.25) is 0 Å². The summed E-state index contributed by atoms with van der Waals surface area (Å²) < 4.78 is 13.4. The first-order valence-corrected chi connectivity index (χ1v) is 5.27. The SMILES string of the molecule is CC1(NCc2cc(C(=O)O)ccc2F)CC1. The van der Waals surface area contributed by atoms with Crippen LogP contribution < -0.4 is 5.32 Å². The van der Waals surface area contributed by atoms with Crippen LogP contribution in [0.1, 0.15) is 35.7 Å². The van der Waals surface area contributed by atoms with E-state index < -0.39 is 5.97 Å². The van der Waals surface area contributed by atoms with E-state index in [1.165, 1.54) is 18.2 Å². The Kier molecular flexibility index (Phi) is 2.68. The number of rotatable bonds is 4. The molecule has 1 saturated carbocycles. The minimum atomic E-state index is -1.03. The van der Waals surface area contributed by atoms with Gasteiger partial charge in [-0.15, -0.1) is 0 Å². The molecule has 0 atom stereocenters. The summed E-state index contributed by atoms with van der Waals surface area (Å²) in [6, 6.07) is 3.87. The van der Waals surface area contributed by atoms with Crippen LogP contribution in [0.25, 0.3) is 0 Å². The minimum Gasteiger partial charge on any atom is -0.478 e. The average Bonchev–Trinajstić information content (AvgIpc) is 2.95. The zero-order valence-electron chi connectivity index (χ0n) is 9.09. The van der Waals surface area contributed by atoms with Gasteiger partial charge in [0.1, 0.15) is 5.82 Å². The van der Waals surface area contributed by atoms with Crippen LogP contribution in [-0.4, -0.2) is 16.6 Å². The normalized spacial score (nSPS) is 17.1. The standard InChI is InChI=1S/C12H14FNO2/c1-12(4-5-12)14-7-9-6-8(11(15)16)2-3-10(9)13/h2-3,6,14H,4-5,7H2,1H3,(H,15,16). The van der Waals surface area contributed by atoms with Crippen molar-refractivity contribution in [2.24, 2.45) is 0 Å². The molecule has 0 radical (unpaired) electrons. The van der Waals surface area contributed by atoms with E-state index in [1.54, 1.807) is 0 Å². The molecule has 0 amide bonds. The van der Waals surface area contributed by atoms with Gasteiger partial charge in [-0.1, -0.05) is 0 Å². The van der Waals surface area contributed by atoms with Gasteiger partial charge in [0.2, 0.25) is 0 Å². The van der Waals surface area contributed by atoms with E-state index in [1.807, 2.05) is 0 Å². The van der Waals surface area contributed by atoms with E-state index in [4.69, 9.17) is 5.11 Å². The highest BCUT2D eigenvalue weighted by atomic mass is 19.1. The number of nitrogens with one attached hydrogen (secondary N) is 1. The monoisotopic (exact) mass is 223 g/mol. The summed E-state index contributed by atoms with van der Waals surface area (Å²) in [7, 11) is 0. The number of benzene rings is 1. The topological polar surface area (TPSA) is 49.3 Å². The van der Waals surface area contributed by atoms with Crippen molar-refractivity contribution in [3.63, 3.8) is 0 Å². The van der Waals surface area contributed by atoms with E-state index in [2.05, 4.69) is 12.2 Å². The molecule has 1 aromatic carbocycles. The number of halogens is 1. The third kappa shape index (κ3) is 2.39. The lowest BCUT2D eigenvalue weighted by molar-refractivity contribution is 0.0696. The van der Waals surface area contributed by atoms with Crippen LogP contribution in [0.5, 0.6) is 0 Å². The quantitative estimate of drug-likeness (QED) is 0.822. The second kappa shape index (κ2) is 3.87. The molecule has 1 fully saturated rings. The maximum absolute atomic E-state index is 13.4. The van der Waals surface area contributed by atoms with Crippen molar-refractivity contribution in [1.29, 1.82) is 0 Å². The Morgan fingerprint density at radius 3 is 2.81 bits per heavy atom. The summed E-state index contributed by atoms with van der Waals surface area (Å²) >= 11 is 0. The minimum absolute atomic E-state index is 0.117. The van der Waals surface area contributed by atoms with Gasteiger partial charge in [0.15, 0.2) is 0 Å². The predicted molar refractivity (Wildman–Crippen MR) is 57.8 cm³/mol. The van der Waals surface area contributed by atoms with Crippen LogP contribution in [0.15, 0.2) is 18.2 Å². The van der Waals surface area contributed by atoms with Gasteiger partial charge in [-0.25, -0.2) is 9.18 Å². The van der Waals surface area contributed by atoms with Gasteiger partial charge in [0.25, 0.3) is 0 Å². The summed E-state index contributed by atoms with van der Waals surface area (Å²) in [6.45, 7) is 2.45. The fourth-order valence-corrected chi connectivity index (χ4v) is 1.52. The van der Waals surface area contributed by atoms with Gasteiger partial charge in [-0.05, 0) is 38.0 Å². The molecule has 86 valence electrons. The lowest BCUT2D eigenvalue weighted by Crippen LogP contribution is -2.27. The summed E-state index contributed by atoms with van der Waals surface area (Å²) in [5, 5.41) is 12.0. The van der Waals surface area contributed by atoms with Crippen LogP contribution >= 0.6 is 0 Å². The Morgan fingerprint density at radius 2 is 2.25 bits per heavy atom. The summed E-state index contributed by atoms with van der Waals surface area (Å²) in [5.74, 6) is -1.39. The first-order valence-electron chi connectivity index (χ1n) is 5.27. The molecule has 0 heterocycles. The molecule has 0 saturated heterocycles. The van der Waals surface area contributed by atoms with Crippen molar-refractivity contribution < 1.29 is 14.3 Å². The molecule has 0 unspecified atom stereocenters. The van der Waals surface area contributed by atoms with Gasteiger partial charge < -0.3 is 10.4 Å². The molecular formula is C12H14FNO2. The second-order valence-electron chi connectivity index (χ2n) is 4.53. The number of hydrogen-bond acceptors (Lipinski definition) is 2.